The van der Waals surface area contributed by atoms with Gasteiger partial charge in [-0.2, -0.15) is 0 Å². The fourth-order valence-corrected chi connectivity index (χ4v) is 7.01. The summed E-state index contributed by atoms with van der Waals surface area (Å²) in [6.07, 6.45) is 11.3. The molecule has 164 valence electrons. The van der Waals surface area contributed by atoms with Crippen LogP contribution in [0, 0.1) is 29.6 Å². The summed E-state index contributed by atoms with van der Waals surface area (Å²) in [4.78, 5) is 15.3. The maximum absolute atomic E-state index is 13.2. The van der Waals surface area contributed by atoms with E-state index in [0.717, 1.165) is 76.5 Å². The van der Waals surface area contributed by atoms with Crippen molar-refractivity contribution in [3.63, 3.8) is 0 Å². The number of nitrogens with zero attached hydrogens (tertiary/aromatic N) is 1. The van der Waals surface area contributed by atoms with E-state index in [9.17, 15) is 14.8 Å². The molecule has 2 saturated carbocycles. The van der Waals surface area contributed by atoms with E-state index < -0.39 is 7.12 Å². The van der Waals surface area contributed by atoms with Gasteiger partial charge in [-0.15, -0.1) is 0 Å². The Kier molecular flexibility index (Phi) is 7.20. The van der Waals surface area contributed by atoms with E-state index in [4.69, 9.17) is 5.73 Å². The summed E-state index contributed by atoms with van der Waals surface area (Å²) in [6.45, 7) is 3.42. The Morgan fingerprint density at radius 3 is 2.41 bits per heavy atom. The maximum Gasteiger partial charge on any atom is 0.455 e. The molecule has 2 aliphatic heterocycles. The number of amides is 1. The predicted molar refractivity (Wildman–Crippen MR) is 115 cm³/mol. The van der Waals surface area contributed by atoms with Crippen LogP contribution in [0.4, 0.5) is 0 Å². The van der Waals surface area contributed by atoms with Gasteiger partial charge < -0.3 is 26.0 Å². The highest BCUT2D eigenvalue weighted by atomic mass is 16.4. The van der Waals surface area contributed by atoms with Crippen LogP contribution in [-0.4, -0.2) is 60.2 Å². The van der Waals surface area contributed by atoms with Crippen LogP contribution in [0.1, 0.15) is 64.2 Å². The number of fused-ring (bicyclic) bond motifs is 1. The summed E-state index contributed by atoms with van der Waals surface area (Å²) in [5.74, 6) is 3.17. The van der Waals surface area contributed by atoms with Crippen LogP contribution in [0.15, 0.2) is 0 Å². The van der Waals surface area contributed by atoms with Crippen molar-refractivity contribution in [3.05, 3.63) is 0 Å². The van der Waals surface area contributed by atoms with E-state index in [1.165, 1.54) is 25.7 Å². The number of nitrogens with one attached hydrogen (secondary N) is 1. The summed E-state index contributed by atoms with van der Waals surface area (Å²) in [6, 6.07) is -0.150. The molecule has 6 nitrogen and oxygen atoms in total. The smallest absolute Gasteiger partial charge is 0.427 e. The van der Waals surface area contributed by atoms with E-state index in [2.05, 4.69) is 10.2 Å². The first kappa shape index (κ1) is 21.6. The van der Waals surface area contributed by atoms with E-state index in [1.54, 1.807) is 0 Å². The molecule has 2 saturated heterocycles. The van der Waals surface area contributed by atoms with Gasteiger partial charge in [-0.3, -0.25) is 4.79 Å². The number of piperidine rings is 2. The summed E-state index contributed by atoms with van der Waals surface area (Å²) in [7, 11) is -1.25. The zero-order valence-corrected chi connectivity index (χ0v) is 17.8. The normalized spacial score (nSPS) is 39.1. The van der Waals surface area contributed by atoms with E-state index in [-0.39, 0.29) is 23.7 Å². The van der Waals surface area contributed by atoms with Gasteiger partial charge in [0.05, 0.1) is 6.04 Å². The number of nitrogens with two attached hydrogens (primary N) is 1. The second-order valence-electron chi connectivity index (χ2n) is 10.3. The van der Waals surface area contributed by atoms with E-state index >= 15 is 0 Å². The standard InChI is InChI=1S/C22H40BN3O3/c24-13-15-3-1-4-17(11-15)16-7-9-26(10-8-16)22(27)21-12-19-18(14-25-21)5-2-6-20(19)23(28)29/h15-21,25,28-29H,1-14,24H2. The number of hydrogen-bond donors (Lipinski definition) is 4. The molecule has 4 fully saturated rings. The third-order valence-electron chi connectivity index (χ3n) is 8.76. The molecular weight excluding hydrogens is 365 g/mol. The molecule has 4 aliphatic rings. The first-order chi connectivity index (χ1) is 14.1. The third kappa shape index (κ3) is 4.84. The van der Waals surface area contributed by atoms with Crippen molar-refractivity contribution in [1.82, 2.24) is 10.2 Å². The minimum Gasteiger partial charge on any atom is -0.427 e. The molecule has 29 heavy (non-hydrogen) atoms. The molecule has 6 unspecified atom stereocenters. The fourth-order valence-electron chi connectivity index (χ4n) is 7.01. The van der Waals surface area contributed by atoms with Crippen LogP contribution in [0.25, 0.3) is 0 Å². The quantitative estimate of drug-likeness (QED) is 0.533. The van der Waals surface area contributed by atoms with Crippen LogP contribution in [0.3, 0.4) is 0 Å². The lowest BCUT2D eigenvalue weighted by Crippen LogP contribution is -2.56. The van der Waals surface area contributed by atoms with Crippen LogP contribution in [-0.2, 0) is 4.79 Å². The molecule has 0 bridgehead atoms. The van der Waals surface area contributed by atoms with Gasteiger partial charge in [-0.25, -0.2) is 0 Å². The van der Waals surface area contributed by atoms with Crippen molar-refractivity contribution in [2.45, 2.75) is 76.1 Å². The minimum absolute atomic E-state index is 0.0707. The molecule has 0 aromatic heterocycles. The lowest BCUT2D eigenvalue weighted by Gasteiger charge is -2.45. The number of carbonyl (C=O) groups is 1. The van der Waals surface area contributed by atoms with Gasteiger partial charge >= 0.3 is 7.12 Å². The molecule has 0 aromatic carbocycles. The van der Waals surface area contributed by atoms with Crippen molar-refractivity contribution >= 4 is 13.0 Å². The molecular formula is C22H40BN3O3. The first-order valence-corrected chi connectivity index (χ1v) is 12.1. The highest BCUT2D eigenvalue weighted by Gasteiger charge is 2.45. The van der Waals surface area contributed by atoms with E-state index in [0.29, 0.717) is 11.8 Å². The van der Waals surface area contributed by atoms with E-state index in [1.807, 2.05) is 0 Å². The highest BCUT2D eigenvalue weighted by Crippen LogP contribution is 2.44. The largest absolute Gasteiger partial charge is 0.455 e. The average molecular weight is 405 g/mol. The van der Waals surface area contributed by atoms with Crippen molar-refractivity contribution in [1.29, 1.82) is 0 Å². The van der Waals surface area contributed by atoms with Gasteiger partial charge in [-0.05, 0) is 87.0 Å². The lowest BCUT2D eigenvalue weighted by atomic mass is 9.54. The number of hydrogen-bond acceptors (Lipinski definition) is 5. The van der Waals surface area contributed by atoms with Crippen molar-refractivity contribution in [3.8, 4) is 0 Å². The zero-order valence-electron chi connectivity index (χ0n) is 17.8. The third-order valence-corrected chi connectivity index (χ3v) is 8.76. The second-order valence-corrected chi connectivity index (χ2v) is 10.3. The van der Waals surface area contributed by atoms with Gasteiger partial charge in [0.1, 0.15) is 0 Å². The zero-order chi connectivity index (χ0) is 20.4. The Hall–Kier alpha value is -0.625. The van der Waals surface area contributed by atoms with Gasteiger partial charge in [0, 0.05) is 13.1 Å². The molecule has 0 radical (unpaired) electrons. The monoisotopic (exact) mass is 405 g/mol. The van der Waals surface area contributed by atoms with Gasteiger partial charge in [-0.1, -0.05) is 25.7 Å². The molecule has 2 aliphatic carbocycles. The van der Waals surface area contributed by atoms with Gasteiger partial charge in [0.2, 0.25) is 5.91 Å². The molecule has 2 heterocycles. The number of rotatable bonds is 4. The summed E-state index contributed by atoms with van der Waals surface area (Å²) >= 11 is 0. The summed E-state index contributed by atoms with van der Waals surface area (Å²) < 4.78 is 0. The van der Waals surface area contributed by atoms with Gasteiger partial charge in [0.25, 0.3) is 0 Å². The topological polar surface area (TPSA) is 98.8 Å². The minimum atomic E-state index is -1.25. The Labute approximate surface area is 176 Å². The van der Waals surface area contributed by atoms with Crippen LogP contribution >= 0.6 is 0 Å². The Morgan fingerprint density at radius 2 is 1.69 bits per heavy atom. The Bertz CT molecular complexity index is 555. The molecule has 0 spiro atoms. The first-order valence-electron chi connectivity index (χ1n) is 12.1. The maximum atomic E-state index is 13.2. The average Bonchev–Trinajstić information content (AvgIpc) is 2.77. The van der Waals surface area contributed by atoms with Crippen LogP contribution in [0.5, 0.6) is 0 Å². The van der Waals surface area contributed by atoms with Crippen molar-refractivity contribution in [2.24, 2.45) is 35.3 Å². The van der Waals surface area contributed by atoms with Crippen molar-refractivity contribution < 1.29 is 14.8 Å². The van der Waals surface area contributed by atoms with Crippen molar-refractivity contribution in [2.75, 3.05) is 26.2 Å². The number of likely N-dealkylation sites (tertiary alicyclic amines) is 1. The molecule has 7 heteroatoms. The molecule has 6 atom stereocenters. The fraction of sp³-hybridized carbons (Fsp3) is 0.955. The van der Waals surface area contributed by atoms with Crippen LogP contribution in [0.2, 0.25) is 5.82 Å². The second kappa shape index (κ2) is 9.67. The number of carbonyl (C=O) groups excluding carboxylic acids is 1. The lowest BCUT2D eigenvalue weighted by molar-refractivity contribution is -0.136. The molecule has 4 rings (SSSR count). The van der Waals surface area contributed by atoms with Gasteiger partial charge in [0.15, 0.2) is 0 Å². The predicted octanol–water partition coefficient (Wildman–Crippen LogP) is 1.61. The van der Waals surface area contributed by atoms with Crippen LogP contribution < -0.4 is 11.1 Å². The molecule has 0 aromatic rings. The highest BCUT2D eigenvalue weighted by molar-refractivity contribution is 6.43. The Balaban J connectivity index is 1.29. The molecule has 5 N–H and O–H groups in total. The SMILES string of the molecule is NCC1CCCC(C2CCN(C(=O)C3CC4C(CCCC4B(O)O)CN3)CC2)C1. The molecule has 1 amide bonds. The summed E-state index contributed by atoms with van der Waals surface area (Å²) in [5.41, 5.74) is 5.92. The Morgan fingerprint density at radius 1 is 0.966 bits per heavy atom. The summed E-state index contributed by atoms with van der Waals surface area (Å²) in [5, 5.41) is 23.1.